The lowest BCUT2D eigenvalue weighted by atomic mass is 9.85. The van der Waals surface area contributed by atoms with Crippen molar-refractivity contribution in [2.24, 2.45) is 0 Å². The number of carbonyl (C=O) groups is 2. The van der Waals surface area contributed by atoms with Crippen LogP contribution in [0.25, 0.3) is 0 Å². The number of hydrogen-bond acceptors (Lipinski definition) is 3. The van der Waals surface area contributed by atoms with E-state index in [1.807, 2.05) is 72.8 Å². The van der Waals surface area contributed by atoms with E-state index in [2.05, 4.69) is 15.9 Å². The zero-order valence-corrected chi connectivity index (χ0v) is 16.5. The van der Waals surface area contributed by atoms with E-state index < -0.39 is 0 Å². The average molecular weight is 423 g/mol. The molecule has 4 heteroatoms. The van der Waals surface area contributed by atoms with Gasteiger partial charge in [0.2, 0.25) is 0 Å². The Balaban J connectivity index is 2.05. The molecule has 0 aliphatic heterocycles. The van der Waals surface area contributed by atoms with Crippen molar-refractivity contribution in [3.8, 4) is 5.75 Å². The molecule has 0 radical (unpaired) electrons. The third-order valence-corrected chi connectivity index (χ3v) is 4.78. The van der Waals surface area contributed by atoms with E-state index >= 15 is 0 Å². The van der Waals surface area contributed by atoms with Crippen molar-refractivity contribution >= 4 is 27.7 Å². The summed E-state index contributed by atoms with van der Waals surface area (Å²) in [7, 11) is 0. The summed E-state index contributed by atoms with van der Waals surface area (Å²) in [5, 5.41) is 0. The largest absolute Gasteiger partial charge is 0.426 e. The molecule has 0 saturated heterocycles. The molecule has 1 unspecified atom stereocenters. The number of benzene rings is 3. The molecule has 27 heavy (non-hydrogen) atoms. The van der Waals surface area contributed by atoms with Crippen molar-refractivity contribution in [1.82, 2.24) is 0 Å². The zero-order valence-electron chi connectivity index (χ0n) is 14.9. The zero-order chi connectivity index (χ0) is 19.2. The highest BCUT2D eigenvalue weighted by molar-refractivity contribution is 9.10. The standard InChI is InChI=1S/C23H19BrO3/c1-16(25)27-23-13-12-19(24)14-21(23)20(17-8-4-2-5-9-17)15-22(26)18-10-6-3-7-11-18/h2-14,20H,15H2,1H3. The maximum absolute atomic E-state index is 12.9. The number of hydrogen-bond donors (Lipinski definition) is 0. The van der Waals surface area contributed by atoms with E-state index in [9.17, 15) is 9.59 Å². The van der Waals surface area contributed by atoms with Crippen molar-refractivity contribution in [2.75, 3.05) is 0 Å². The van der Waals surface area contributed by atoms with Gasteiger partial charge >= 0.3 is 5.97 Å². The van der Waals surface area contributed by atoms with Gasteiger partial charge in [-0.05, 0) is 23.8 Å². The van der Waals surface area contributed by atoms with Crippen LogP contribution in [0.2, 0.25) is 0 Å². The number of ketones is 1. The van der Waals surface area contributed by atoms with Crippen molar-refractivity contribution in [2.45, 2.75) is 19.3 Å². The van der Waals surface area contributed by atoms with Crippen molar-refractivity contribution < 1.29 is 14.3 Å². The first-order valence-corrected chi connectivity index (χ1v) is 9.45. The molecule has 3 aromatic carbocycles. The molecule has 0 saturated carbocycles. The second-order valence-corrected chi connectivity index (χ2v) is 7.15. The summed E-state index contributed by atoms with van der Waals surface area (Å²) in [6.07, 6.45) is 0.277. The lowest BCUT2D eigenvalue weighted by molar-refractivity contribution is -0.131. The van der Waals surface area contributed by atoms with Gasteiger partial charge in [-0.15, -0.1) is 0 Å². The Labute approximate surface area is 167 Å². The summed E-state index contributed by atoms with van der Waals surface area (Å²) in [5.41, 5.74) is 2.46. The highest BCUT2D eigenvalue weighted by Gasteiger charge is 2.23. The van der Waals surface area contributed by atoms with Gasteiger partial charge in [-0.2, -0.15) is 0 Å². The number of halogens is 1. The first-order chi connectivity index (χ1) is 13.0. The third-order valence-electron chi connectivity index (χ3n) is 4.29. The highest BCUT2D eigenvalue weighted by Crippen LogP contribution is 2.37. The van der Waals surface area contributed by atoms with Crippen LogP contribution < -0.4 is 4.74 Å². The third kappa shape index (κ3) is 4.92. The smallest absolute Gasteiger partial charge is 0.308 e. The van der Waals surface area contributed by atoms with Crippen molar-refractivity contribution in [3.63, 3.8) is 0 Å². The Kier molecular flexibility index (Phi) is 6.20. The van der Waals surface area contributed by atoms with E-state index in [0.29, 0.717) is 11.3 Å². The molecule has 3 nitrogen and oxygen atoms in total. The molecule has 1 atom stereocenters. The lowest BCUT2D eigenvalue weighted by Gasteiger charge is -2.20. The van der Waals surface area contributed by atoms with Gasteiger partial charge in [-0.1, -0.05) is 76.6 Å². The second kappa shape index (κ2) is 8.78. The number of esters is 1. The average Bonchev–Trinajstić information content (AvgIpc) is 2.68. The fraction of sp³-hybridized carbons (Fsp3) is 0.130. The molecule has 0 aliphatic rings. The van der Waals surface area contributed by atoms with Crippen LogP contribution in [0.5, 0.6) is 5.75 Å². The van der Waals surface area contributed by atoms with Gasteiger partial charge in [-0.3, -0.25) is 9.59 Å². The summed E-state index contributed by atoms with van der Waals surface area (Å²) < 4.78 is 6.28. The molecule has 3 rings (SSSR count). The Hall–Kier alpha value is -2.72. The summed E-state index contributed by atoms with van der Waals surface area (Å²) in [6, 6.07) is 24.5. The van der Waals surface area contributed by atoms with Crippen molar-refractivity contribution in [3.05, 3.63) is 100 Å². The molecule has 136 valence electrons. The van der Waals surface area contributed by atoms with E-state index in [1.54, 1.807) is 6.07 Å². The predicted octanol–water partition coefficient (Wildman–Crippen LogP) is 5.78. The molecule has 0 bridgehead atoms. The Bertz CT molecular complexity index is 936. The normalized spacial score (nSPS) is 11.6. The SMILES string of the molecule is CC(=O)Oc1ccc(Br)cc1C(CC(=O)c1ccccc1)c1ccccc1. The first-order valence-electron chi connectivity index (χ1n) is 8.65. The van der Waals surface area contributed by atoms with Crippen LogP contribution in [0.15, 0.2) is 83.3 Å². The minimum Gasteiger partial charge on any atom is -0.426 e. The van der Waals surface area contributed by atoms with Gasteiger partial charge in [0.25, 0.3) is 0 Å². The van der Waals surface area contributed by atoms with Gasteiger partial charge in [0.1, 0.15) is 5.75 Å². The molecule has 0 spiro atoms. The Morgan fingerprint density at radius 1 is 0.926 bits per heavy atom. The maximum atomic E-state index is 12.9. The van der Waals surface area contributed by atoms with E-state index in [1.165, 1.54) is 6.92 Å². The summed E-state index contributed by atoms with van der Waals surface area (Å²) >= 11 is 3.49. The minimum atomic E-state index is -0.389. The quantitative estimate of drug-likeness (QED) is 0.287. The topological polar surface area (TPSA) is 43.4 Å². The molecule has 0 aliphatic carbocycles. The van der Waals surface area contributed by atoms with Crippen molar-refractivity contribution in [1.29, 1.82) is 0 Å². The fourth-order valence-corrected chi connectivity index (χ4v) is 3.44. The second-order valence-electron chi connectivity index (χ2n) is 6.23. The highest BCUT2D eigenvalue weighted by atomic mass is 79.9. The summed E-state index contributed by atoms with van der Waals surface area (Å²) in [6.45, 7) is 1.37. The van der Waals surface area contributed by atoms with E-state index in [0.717, 1.165) is 15.6 Å². The number of rotatable bonds is 6. The number of ether oxygens (including phenoxy) is 1. The summed E-state index contributed by atoms with van der Waals surface area (Å²) in [5.74, 6) is -0.107. The van der Waals surface area contributed by atoms with Crippen LogP contribution in [-0.2, 0) is 4.79 Å². The van der Waals surface area contributed by atoms with Crippen LogP contribution >= 0.6 is 15.9 Å². The molecule has 3 aromatic rings. The van der Waals surface area contributed by atoms with Gasteiger partial charge in [-0.25, -0.2) is 0 Å². The van der Waals surface area contributed by atoms with Crippen LogP contribution in [0.4, 0.5) is 0 Å². The summed E-state index contributed by atoms with van der Waals surface area (Å²) in [4.78, 5) is 24.5. The lowest BCUT2D eigenvalue weighted by Crippen LogP contribution is -2.12. The Morgan fingerprint density at radius 2 is 1.56 bits per heavy atom. The van der Waals surface area contributed by atoms with E-state index in [-0.39, 0.29) is 24.1 Å². The van der Waals surface area contributed by atoms with Gasteiger partial charge < -0.3 is 4.74 Å². The molecule has 0 aromatic heterocycles. The molecular formula is C23H19BrO3. The van der Waals surface area contributed by atoms with Crippen LogP contribution in [-0.4, -0.2) is 11.8 Å². The molecule has 0 N–H and O–H groups in total. The monoisotopic (exact) mass is 422 g/mol. The number of Topliss-reactive ketones (excluding diaryl/α,β-unsaturated/α-hetero) is 1. The van der Waals surface area contributed by atoms with Crippen LogP contribution in [0, 0.1) is 0 Å². The molecule has 0 fully saturated rings. The first kappa shape index (κ1) is 19.1. The fourth-order valence-electron chi connectivity index (χ4n) is 3.06. The minimum absolute atomic E-state index is 0.0400. The van der Waals surface area contributed by atoms with Gasteiger partial charge in [0.15, 0.2) is 5.78 Å². The molecule has 0 heterocycles. The number of carbonyl (C=O) groups excluding carboxylic acids is 2. The molecule has 0 amide bonds. The van der Waals surface area contributed by atoms with Gasteiger partial charge in [0.05, 0.1) is 0 Å². The predicted molar refractivity (Wildman–Crippen MR) is 109 cm³/mol. The van der Waals surface area contributed by atoms with Crippen LogP contribution in [0.3, 0.4) is 0 Å². The molecular weight excluding hydrogens is 404 g/mol. The Morgan fingerprint density at radius 3 is 2.19 bits per heavy atom. The van der Waals surface area contributed by atoms with Gasteiger partial charge in [0, 0.05) is 34.9 Å². The maximum Gasteiger partial charge on any atom is 0.308 e. The van der Waals surface area contributed by atoms with Crippen LogP contribution in [0.1, 0.15) is 40.7 Å². The van der Waals surface area contributed by atoms with E-state index in [4.69, 9.17) is 4.74 Å².